The van der Waals surface area contributed by atoms with E-state index in [0.717, 1.165) is 5.69 Å². The number of nitrogens with one attached hydrogen (secondary N) is 1. The highest BCUT2D eigenvalue weighted by atomic mass is 16.5. The quantitative estimate of drug-likeness (QED) is 0.638. The summed E-state index contributed by atoms with van der Waals surface area (Å²) in [6.07, 6.45) is 0. The summed E-state index contributed by atoms with van der Waals surface area (Å²) in [4.78, 5) is 4.44. The lowest BCUT2D eigenvalue weighted by atomic mass is 10.1. The Balaban J connectivity index is 2.95. The first kappa shape index (κ1) is 12.2. The summed E-state index contributed by atoms with van der Waals surface area (Å²) in [5.74, 6) is 1.25. The van der Waals surface area contributed by atoms with Gasteiger partial charge in [-0.05, 0) is 19.1 Å². The first-order valence-electron chi connectivity index (χ1n) is 5.45. The Labute approximate surface area is 105 Å². The molecule has 0 aliphatic heterocycles. The number of nitrogen functional groups attached to an aromatic ring is 1. The average molecular weight is 245 g/mol. The maximum atomic E-state index is 7.62. The second kappa shape index (κ2) is 4.52. The molecule has 0 radical (unpaired) electrons. The van der Waals surface area contributed by atoms with Crippen molar-refractivity contribution in [3.8, 4) is 11.5 Å². The third-order valence-electron chi connectivity index (χ3n) is 2.75. The fraction of sp³-hybridized carbons (Fsp3) is 0.231. The molecule has 0 unspecified atom stereocenters. The van der Waals surface area contributed by atoms with Crippen LogP contribution >= 0.6 is 0 Å². The summed E-state index contributed by atoms with van der Waals surface area (Å²) < 4.78 is 10.6. The number of fused-ring (bicyclic) bond motifs is 1. The topological polar surface area (TPSA) is 81.2 Å². The van der Waals surface area contributed by atoms with Gasteiger partial charge in [0.1, 0.15) is 22.9 Å². The third kappa shape index (κ3) is 1.84. The van der Waals surface area contributed by atoms with E-state index in [1.54, 1.807) is 26.4 Å². The van der Waals surface area contributed by atoms with E-state index in [0.29, 0.717) is 28.0 Å². The molecule has 0 amide bonds. The summed E-state index contributed by atoms with van der Waals surface area (Å²) in [6, 6.07) is 5.31. The zero-order valence-corrected chi connectivity index (χ0v) is 10.6. The summed E-state index contributed by atoms with van der Waals surface area (Å²) >= 11 is 0. The molecule has 1 aromatic carbocycles. The lowest BCUT2D eigenvalue weighted by Crippen LogP contribution is -2.12. The first-order chi connectivity index (χ1) is 8.58. The van der Waals surface area contributed by atoms with Gasteiger partial charge in [-0.25, -0.2) is 4.98 Å². The lowest BCUT2D eigenvalue weighted by molar-refractivity contribution is 0.413. The van der Waals surface area contributed by atoms with E-state index in [2.05, 4.69) is 4.98 Å². The minimum Gasteiger partial charge on any atom is -0.496 e. The average Bonchev–Trinajstić information content (AvgIpc) is 2.35. The molecule has 0 saturated carbocycles. The van der Waals surface area contributed by atoms with E-state index in [4.69, 9.17) is 20.6 Å². The van der Waals surface area contributed by atoms with Gasteiger partial charge in [-0.15, -0.1) is 0 Å². The molecule has 5 heteroatoms. The third-order valence-corrected chi connectivity index (χ3v) is 2.75. The van der Waals surface area contributed by atoms with Gasteiger partial charge in [-0.2, -0.15) is 0 Å². The van der Waals surface area contributed by atoms with Crippen molar-refractivity contribution >= 4 is 16.7 Å². The SMILES string of the molecule is COc1ccc(C(=N)N)c2c(OC)cc(C)nc12. The number of amidine groups is 1. The van der Waals surface area contributed by atoms with Crippen LogP contribution in [0.1, 0.15) is 11.3 Å². The minimum atomic E-state index is -0.0217. The summed E-state index contributed by atoms with van der Waals surface area (Å²) in [5.41, 5.74) is 7.66. The van der Waals surface area contributed by atoms with Gasteiger partial charge in [0.15, 0.2) is 0 Å². The van der Waals surface area contributed by atoms with E-state index in [9.17, 15) is 0 Å². The molecule has 0 aliphatic carbocycles. The van der Waals surface area contributed by atoms with Crippen molar-refractivity contribution in [3.63, 3.8) is 0 Å². The van der Waals surface area contributed by atoms with Gasteiger partial charge < -0.3 is 15.2 Å². The van der Waals surface area contributed by atoms with Crippen molar-refractivity contribution in [1.29, 1.82) is 5.41 Å². The molecule has 0 saturated heterocycles. The number of ether oxygens (including phenoxy) is 2. The molecule has 0 atom stereocenters. The minimum absolute atomic E-state index is 0.0217. The van der Waals surface area contributed by atoms with Crippen molar-refractivity contribution in [2.24, 2.45) is 5.73 Å². The molecule has 0 bridgehead atoms. The number of hydrogen-bond acceptors (Lipinski definition) is 4. The van der Waals surface area contributed by atoms with Gasteiger partial charge in [0.25, 0.3) is 0 Å². The standard InChI is InChI=1S/C13H15N3O2/c1-7-6-10(18-3)11-8(13(14)15)4-5-9(17-2)12(11)16-7/h4-6H,1-3H3,(H3,14,15). The molecule has 1 heterocycles. The van der Waals surface area contributed by atoms with Crippen LogP contribution in [0.5, 0.6) is 11.5 Å². The number of nitrogens with zero attached hydrogens (tertiary/aromatic N) is 1. The van der Waals surface area contributed by atoms with E-state index in [-0.39, 0.29) is 5.84 Å². The van der Waals surface area contributed by atoms with Crippen LogP contribution in [0.3, 0.4) is 0 Å². The van der Waals surface area contributed by atoms with Crippen molar-refractivity contribution in [1.82, 2.24) is 4.98 Å². The zero-order valence-electron chi connectivity index (χ0n) is 10.6. The Morgan fingerprint density at radius 2 is 1.89 bits per heavy atom. The van der Waals surface area contributed by atoms with Gasteiger partial charge in [0, 0.05) is 17.3 Å². The second-order valence-electron chi connectivity index (χ2n) is 3.92. The second-order valence-corrected chi connectivity index (χ2v) is 3.92. The Hall–Kier alpha value is -2.30. The molecule has 5 nitrogen and oxygen atoms in total. The van der Waals surface area contributed by atoms with Crippen LogP contribution < -0.4 is 15.2 Å². The number of aryl methyl sites for hydroxylation is 1. The van der Waals surface area contributed by atoms with Crippen LogP contribution in [0.15, 0.2) is 18.2 Å². The highest BCUT2D eigenvalue weighted by molar-refractivity contribution is 6.10. The summed E-state index contributed by atoms with van der Waals surface area (Å²) in [7, 11) is 3.16. The monoisotopic (exact) mass is 245 g/mol. The van der Waals surface area contributed by atoms with Crippen molar-refractivity contribution in [2.45, 2.75) is 6.92 Å². The Kier molecular flexibility index (Phi) is 3.06. The van der Waals surface area contributed by atoms with Crippen molar-refractivity contribution in [2.75, 3.05) is 14.2 Å². The molecule has 3 N–H and O–H groups in total. The Morgan fingerprint density at radius 1 is 1.22 bits per heavy atom. The highest BCUT2D eigenvalue weighted by Gasteiger charge is 2.15. The van der Waals surface area contributed by atoms with Crippen LogP contribution in [-0.4, -0.2) is 25.0 Å². The van der Waals surface area contributed by atoms with Crippen molar-refractivity contribution in [3.05, 3.63) is 29.5 Å². The molecule has 2 aromatic rings. The molecule has 0 spiro atoms. The Bertz CT molecular complexity index is 623. The smallest absolute Gasteiger partial charge is 0.145 e. The summed E-state index contributed by atoms with van der Waals surface area (Å²) in [6.45, 7) is 1.88. The molecule has 0 fully saturated rings. The number of nitrogens with two attached hydrogens (primary N) is 1. The number of methoxy groups -OCH3 is 2. The van der Waals surface area contributed by atoms with Crippen LogP contribution in [0.2, 0.25) is 0 Å². The molecule has 0 aliphatic rings. The first-order valence-corrected chi connectivity index (χ1v) is 5.45. The number of rotatable bonds is 3. The molecule has 18 heavy (non-hydrogen) atoms. The normalized spacial score (nSPS) is 10.4. The van der Waals surface area contributed by atoms with Crippen molar-refractivity contribution < 1.29 is 9.47 Å². The summed E-state index contributed by atoms with van der Waals surface area (Å²) in [5, 5.41) is 8.33. The maximum Gasteiger partial charge on any atom is 0.145 e. The maximum absolute atomic E-state index is 7.62. The van der Waals surface area contributed by atoms with E-state index < -0.39 is 0 Å². The van der Waals surface area contributed by atoms with Gasteiger partial charge >= 0.3 is 0 Å². The molecular weight excluding hydrogens is 230 g/mol. The van der Waals surface area contributed by atoms with E-state index in [1.807, 2.05) is 13.0 Å². The molecular formula is C13H15N3O2. The Morgan fingerprint density at radius 3 is 2.44 bits per heavy atom. The number of aromatic nitrogens is 1. The van der Waals surface area contributed by atoms with Gasteiger partial charge in [0.2, 0.25) is 0 Å². The van der Waals surface area contributed by atoms with Crippen LogP contribution in [0.25, 0.3) is 10.9 Å². The number of benzene rings is 1. The van der Waals surface area contributed by atoms with Gasteiger partial charge in [-0.3, -0.25) is 5.41 Å². The zero-order chi connectivity index (χ0) is 13.3. The number of hydrogen-bond donors (Lipinski definition) is 2. The molecule has 94 valence electrons. The van der Waals surface area contributed by atoms with Crippen LogP contribution in [0, 0.1) is 12.3 Å². The van der Waals surface area contributed by atoms with Crippen LogP contribution in [0.4, 0.5) is 0 Å². The van der Waals surface area contributed by atoms with Gasteiger partial charge in [-0.1, -0.05) is 0 Å². The van der Waals surface area contributed by atoms with Crippen LogP contribution in [-0.2, 0) is 0 Å². The lowest BCUT2D eigenvalue weighted by Gasteiger charge is -2.13. The molecule has 1 aromatic heterocycles. The highest BCUT2D eigenvalue weighted by Crippen LogP contribution is 2.34. The predicted molar refractivity (Wildman–Crippen MR) is 70.6 cm³/mol. The van der Waals surface area contributed by atoms with E-state index in [1.165, 1.54) is 0 Å². The predicted octanol–water partition coefficient (Wildman–Crippen LogP) is 1.84. The molecule has 2 rings (SSSR count). The van der Waals surface area contributed by atoms with E-state index >= 15 is 0 Å². The fourth-order valence-electron chi connectivity index (χ4n) is 1.95. The fourth-order valence-corrected chi connectivity index (χ4v) is 1.95. The van der Waals surface area contributed by atoms with Gasteiger partial charge in [0.05, 0.1) is 19.6 Å². The largest absolute Gasteiger partial charge is 0.496 e. The number of pyridine rings is 1.